The van der Waals surface area contributed by atoms with Crippen molar-refractivity contribution in [1.82, 2.24) is 4.90 Å². The van der Waals surface area contributed by atoms with E-state index in [4.69, 9.17) is 16.3 Å². The van der Waals surface area contributed by atoms with Gasteiger partial charge < -0.3 is 14.9 Å². The molecular weight excluding hydrogens is 310 g/mol. The normalized spacial score (nSPS) is 33.4. The van der Waals surface area contributed by atoms with Crippen molar-refractivity contribution < 1.29 is 14.9 Å². The molecule has 2 aliphatic heterocycles. The Balaban J connectivity index is 1.57. The molecule has 1 aromatic rings. The number of piperidine rings is 1. The maximum absolute atomic E-state index is 10.3. The molecule has 0 unspecified atom stereocenters. The van der Waals surface area contributed by atoms with Gasteiger partial charge in [0.1, 0.15) is 6.10 Å². The van der Waals surface area contributed by atoms with E-state index in [1.807, 2.05) is 6.07 Å². The first-order valence-corrected chi connectivity index (χ1v) is 8.59. The third-order valence-corrected chi connectivity index (χ3v) is 5.94. The molecule has 1 aromatic heterocycles. The number of rotatable bonds is 2. The second-order valence-corrected chi connectivity index (χ2v) is 8.33. The van der Waals surface area contributed by atoms with Crippen LogP contribution in [0, 0.1) is 0 Å². The molecule has 6 heteroatoms. The van der Waals surface area contributed by atoms with E-state index in [2.05, 4.69) is 11.0 Å². The molecule has 118 valence electrons. The molecule has 0 aromatic carbocycles. The molecule has 0 bridgehead atoms. The molecular formula is C15H22ClNO3S. The number of likely N-dealkylation sites (tertiary alicyclic amines) is 1. The maximum Gasteiger partial charge on any atom is 0.106 e. The van der Waals surface area contributed by atoms with Gasteiger partial charge in [-0.3, -0.25) is 4.90 Å². The summed E-state index contributed by atoms with van der Waals surface area (Å²) in [5.74, 6) is 0. The van der Waals surface area contributed by atoms with Gasteiger partial charge >= 0.3 is 0 Å². The van der Waals surface area contributed by atoms with Crippen LogP contribution in [0.1, 0.15) is 31.1 Å². The molecule has 0 radical (unpaired) electrons. The summed E-state index contributed by atoms with van der Waals surface area (Å²) in [5, 5.41) is 20.1. The van der Waals surface area contributed by atoms with Gasteiger partial charge in [-0.15, -0.1) is 11.3 Å². The zero-order chi connectivity index (χ0) is 15.1. The van der Waals surface area contributed by atoms with Crippen LogP contribution in [0.25, 0.3) is 0 Å². The van der Waals surface area contributed by atoms with Gasteiger partial charge in [-0.2, -0.15) is 0 Å². The lowest BCUT2D eigenvalue weighted by Crippen LogP contribution is -2.59. The monoisotopic (exact) mass is 331 g/mol. The molecule has 21 heavy (non-hydrogen) atoms. The van der Waals surface area contributed by atoms with Gasteiger partial charge in [0, 0.05) is 30.9 Å². The summed E-state index contributed by atoms with van der Waals surface area (Å²) in [6, 6.07) is 4.02. The van der Waals surface area contributed by atoms with E-state index in [1.54, 1.807) is 18.3 Å². The lowest BCUT2D eigenvalue weighted by atomic mass is 9.76. The van der Waals surface area contributed by atoms with Crippen LogP contribution in [0.4, 0.5) is 0 Å². The van der Waals surface area contributed by atoms with Crippen molar-refractivity contribution in [2.24, 2.45) is 0 Å². The van der Waals surface area contributed by atoms with Gasteiger partial charge in [0.15, 0.2) is 0 Å². The molecule has 3 rings (SSSR count). The summed E-state index contributed by atoms with van der Waals surface area (Å²) in [6.07, 6.45) is 1.53. The zero-order valence-electron chi connectivity index (χ0n) is 12.2. The smallest absolute Gasteiger partial charge is 0.106 e. The van der Waals surface area contributed by atoms with E-state index in [-0.39, 0.29) is 12.2 Å². The third-order valence-electron chi connectivity index (χ3n) is 4.72. The van der Waals surface area contributed by atoms with E-state index in [0.717, 1.165) is 36.8 Å². The Morgan fingerprint density at radius 2 is 2.14 bits per heavy atom. The van der Waals surface area contributed by atoms with Crippen molar-refractivity contribution in [3.63, 3.8) is 0 Å². The van der Waals surface area contributed by atoms with Crippen LogP contribution < -0.4 is 0 Å². The first kappa shape index (κ1) is 15.7. The van der Waals surface area contributed by atoms with Gasteiger partial charge in [-0.25, -0.2) is 0 Å². The number of ether oxygens (including phenoxy) is 1. The van der Waals surface area contributed by atoms with Crippen molar-refractivity contribution in [3.8, 4) is 0 Å². The molecule has 2 aliphatic rings. The fourth-order valence-electron chi connectivity index (χ4n) is 3.35. The van der Waals surface area contributed by atoms with Crippen LogP contribution in [0.3, 0.4) is 0 Å². The summed E-state index contributed by atoms with van der Waals surface area (Å²) in [7, 11) is 0. The minimum Gasteiger partial charge on any atom is -0.388 e. The van der Waals surface area contributed by atoms with Crippen LogP contribution in [0.15, 0.2) is 12.1 Å². The maximum atomic E-state index is 10.3. The lowest BCUT2D eigenvalue weighted by Gasteiger charge is -2.49. The first-order valence-electron chi connectivity index (χ1n) is 7.40. The summed E-state index contributed by atoms with van der Waals surface area (Å²) >= 11 is 7.60. The van der Waals surface area contributed by atoms with Gasteiger partial charge in [0.05, 0.1) is 22.1 Å². The highest BCUT2D eigenvalue weighted by Gasteiger charge is 2.48. The number of aliphatic hydroxyl groups excluding tert-OH is 1. The zero-order valence-corrected chi connectivity index (χ0v) is 13.8. The molecule has 3 heterocycles. The number of thiophene rings is 1. The fraction of sp³-hybridized carbons (Fsp3) is 0.733. The highest BCUT2D eigenvalue weighted by Crippen LogP contribution is 2.40. The molecule has 2 saturated heterocycles. The minimum absolute atomic E-state index is 0.230. The number of nitrogens with zero attached hydrogens (tertiary/aromatic N) is 1. The van der Waals surface area contributed by atoms with Gasteiger partial charge in [0.2, 0.25) is 0 Å². The molecule has 0 aliphatic carbocycles. The minimum atomic E-state index is -1.04. The largest absolute Gasteiger partial charge is 0.388 e. The first-order chi connectivity index (χ1) is 9.89. The Labute approximate surface area is 134 Å². The Kier molecular flexibility index (Phi) is 4.34. The third kappa shape index (κ3) is 3.44. The van der Waals surface area contributed by atoms with Gasteiger partial charge in [-0.1, -0.05) is 11.6 Å². The van der Waals surface area contributed by atoms with E-state index in [0.29, 0.717) is 6.42 Å². The number of aliphatic hydroxyl groups is 2. The predicted molar refractivity (Wildman–Crippen MR) is 83.8 cm³/mol. The summed E-state index contributed by atoms with van der Waals surface area (Å²) in [5.41, 5.74) is -1.31. The Hall–Kier alpha value is -0.170. The summed E-state index contributed by atoms with van der Waals surface area (Å²) in [4.78, 5) is 3.68. The number of hydrogen-bond donors (Lipinski definition) is 2. The average Bonchev–Trinajstić information content (AvgIpc) is 2.83. The molecule has 1 spiro atoms. The lowest BCUT2D eigenvalue weighted by molar-refractivity contribution is -0.223. The van der Waals surface area contributed by atoms with Crippen LogP contribution in [0.2, 0.25) is 4.34 Å². The molecule has 2 fully saturated rings. The summed E-state index contributed by atoms with van der Waals surface area (Å²) in [6.45, 7) is 4.76. The molecule has 2 atom stereocenters. The predicted octanol–water partition coefficient (Wildman–Crippen LogP) is 2.27. The van der Waals surface area contributed by atoms with E-state index in [9.17, 15) is 10.2 Å². The van der Waals surface area contributed by atoms with Crippen LogP contribution >= 0.6 is 22.9 Å². The van der Waals surface area contributed by atoms with Crippen molar-refractivity contribution in [1.29, 1.82) is 0 Å². The van der Waals surface area contributed by atoms with E-state index in [1.165, 1.54) is 4.88 Å². The summed E-state index contributed by atoms with van der Waals surface area (Å²) < 4.78 is 6.73. The van der Waals surface area contributed by atoms with Crippen LogP contribution in [-0.2, 0) is 11.3 Å². The highest BCUT2D eigenvalue weighted by atomic mass is 35.5. The van der Waals surface area contributed by atoms with Crippen molar-refractivity contribution in [2.75, 3.05) is 19.7 Å². The fourth-order valence-corrected chi connectivity index (χ4v) is 4.48. The topological polar surface area (TPSA) is 52.9 Å². The second kappa shape index (κ2) is 5.80. The SMILES string of the molecule is C[C@]1(O)CC2(CCN(Cc3ccc(Cl)s3)CC2)OC[C@@H]1O. The number of halogens is 1. The standard InChI is InChI=1S/C15H22ClNO3S/c1-14(19)10-15(20-9-12(14)18)4-6-17(7-5-15)8-11-2-3-13(16)21-11/h2-3,12,18-19H,4-10H2,1H3/t12-,14-/m0/s1. The quantitative estimate of drug-likeness (QED) is 0.873. The molecule has 4 nitrogen and oxygen atoms in total. The molecule has 2 N–H and O–H groups in total. The van der Waals surface area contributed by atoms with Crippen LogP contribution in [-0.4, -0.2) is 52.1 Å². The van der Waals surface area contributed by atoms with Crippen molar-refractivity contribution in [2.45, 2.75) is 50.0 Å². The van der Waals surface area contributed by atoms with Gasteiger partial charge in [-0.05, 0) is 31.9 Å². The van der Waals surface area contributed by atoms with Gasteiger partial charge in [0.25, 0.3) is 0 Å². The van der Waals surface area contributed by atoms with Crippen LogP contribution in [0.5, 0.6) is 0 Å². The molecule has 0 amide bonds. The number of hydrogen-bond acceptors (Lipinski definition) is 5. The Morgan fingerprint density at radius 3 is 2.71 bits per heavy atom. The average molecular weight is 332 g/mol. The highest BCUT2D eigenvalue weighted by molar-refractivity contribution is 7.16. The second-order valence-electron chi connectivity index (χ2n) is 6.53. The van der Waals surface area contributed by atoms with Crippen molar-refractivity contribution in [3.05, 3.63) is 21.3 Å². The molecule has 0 saturated carbocycles. The Morgan fingerprint density at radius 1 is 1.43 bits per heavy atom. The van der Waals surface area contributed by atoms with E-state index >= 15 is 0 Å². The van der Waals surface area contributed by atoms with E-state index < -0.39 is 11.7 Å². The Bertz CT molecular complexity index is 497. The van der Waals surface area contributed by atoms with Crippen molar-refractivity contribution >= 4 is 22.9 Å².